The van der Waals surface area contributed by atoms with E-state index in [1.807, 2.05) is 26.0 Å². The topological polar surface area (TPSA) is 71.1 Å². The van der Waals surface area contributed by atoms with Gasteiger partial charge in [0.1, 0.15) is 5.82 Å². The average Bonchev–Trinajstić information content (AvgIpc) is 2.45. The molecule has 1 aromatic heterocycles. The lowest BCUT2D eigenvalue weighted by Crippen LogP contribution is -2.24. The van der Waals surface area contributed by atoms with Crippen LogP contribution in [0.15, 0.2) is 35.2 Å². The molecule has 0 spiro atoms. The van der Waals surface area contributed by atoms with Crippen LogP contribution in [0.5, 0.6) is 0 Å². The van der Waals surface area contributed by atoms with Gasteiger partial charge in [-0.15, -0.1) is 0 Å². The zero-order chi connectivity index (χ0) is 14.6. The van der Waals surface area contributed by atoms with Gasteiger partial charge in [-0.3, -0.25) is 0 Å². The lowest BCUT2D eigenvalue weighted by molar-refractivity contribution is 0.581. The second-order valence-corrected chi connectivity index (χ2v) is 6.25. The molecule has 2 rings (SSSR count). The Morgan fingerprint density at radius 1 is 1.15 bits per heavy atom. The first-order chi connectivity index (χ1) is 9.56. The number of nitrogens with one attached hydrogen (secondary N) is 2. The molecule has 0 atom stereocenters. The molecule has 0 saturated heterocycles. The molecule has 2 N–H and O–H groups in total. The van der Waals surface area contributed by atoms with Crippen molar-refractivity contribution in [2.75, 3.05) is 18.4 Å². The number of pyridine rings is 1. The van der Waals surface area contributed by atoms with Gasteiger partial charge in [-0.05, 0) is 43.7 Å². The Balaban J connectivity index is 2.37. The largest absolute Gasteiger partial charge is 0.370 e. The van der Waals surface area contributed by atoms with Crippen molar-refractivity contribution in [2.45, 2.75) is 25.2 Å². The summed E-state index contributed by atoms with van der Waals surface area (Å²) in [7, 11) is -3.43. The summed E-state index contributed by atoms with van der Waals surface area (Å²) in [5.74, 6) is 0.791. The lowest BCUT2D eigenvalue weighted by Gasteiger charge is -2.08. The normalized spacial score (nSPS) is 11.7. The Morgan fingerprint density at radius 2 is 1.95 bits per heavy atom. The molecule has 0 bridgehead atoms. The summed E-state index contributed by atoms with van der Waals surface area (Å²) in [6.07, 6.45) is 0.764. The number of hydrogen-bond donors (Lipinski definition) is 2. The molecule has 0 aliphatic carbocycles. The highest BCUT2D eigenvalue weighted by Crippen LogP contribution is 2.19. The average molecular weight is 293 g/mol. The van der Waals surface area contributed by atoms with Crippen LogP contribution in [-0.2, 0) is 10.0 Å². The van der Waals surface area contributed by atoms with Crippen LogP contribution in [0.25, 0.3) is 10.9 Å². The van der Waals surface area contributed by atoms with Gasteiger partial charge in [0.25, 0.3) is 0 Å². The summed E-state index contributed by atoms with van der Waals surface area (Å²) < 4.78 is 26.7. The van der Waals surface area contributed by atoms with Crippen molar-refractivity contribution in [1.29, 1.82) is 0 Å². The van der Waals surface area contributed by atoms with Gasteiger partial charge in [0.05, 0.1) is 10.4 Å². The molecule has 2 aromatic rings. The molecular weight excluding hydrogens is 274 g/mol. The maximum Gasteiger partial charge on any atom is 0.240 e. The van der Waals surface area contributed by atoms with Crippen molar-refractivity contribution < 1.29 is 8.42 Å². The third-order valence-corrected chi connectivity index (χ3v) is 4.33. The fourth-order valence-electron chi connectivity index (χ4n) is 1.87. The summed E-state index contributed by atoms with van der Waals surface area (Å²) >= 11 is 0. The SMILES string of the molecule is CCCNS(=O)(=O)c1ccc2nc(NCC)ccc2c1. The number of nitrogens with zero attached hydrogens (tertiary/aromatic N) is 1. The summed E-state index contributed by atoms with van der Waals surface area (Å²) in [5.41, 5.74) is 0.776. The van der Waals surface area contributed by atoms with E-state index in [1.54, 1.807) is 18.2 Å². The van der Waals surface area contributed by atoms with Crippen molar-refractivity contribution in [3.8, 4) is 0 Å². The van der Waals surface area contributed by atoms with E-state index in [-0.39, 0.29) is 4.90 Å². The minimum Gasteiger partial charge on any atom is -0.370 e. The van der Waals surface area contributed by atoms with Crippen molar-refractivity contribution >= 4 is 26.7 Å². The predicted octanol–water partition coefficient (Wildman–Crippen LogP) is 2.35. The van der Waals surface area contributed by atoms with Gasteiger partial charge in [-0.1, -0.05) is 6.92 Å². The van der Waals surface area contributed by atoms with Crippen LogP contribution >= 0.6 is 0 Å². The van der Waals surface area contributed by atoms with Crippen molar-refractivity contribution in [3.05, 3.63) is 30.3 Å². The van der Waals surface area contributed by atoms with Gasteiger partial charge in [0.15, 0.2) is 0 Å². The van der Waals surface area contributed by atoms with E-state index in [4.69, 9.17) is 0 Å². The van der Waals surface area contributed by atoms with Crippen LogP contribution in [0.1, 0.15) is 20.3 Å². The van der Waals surface area contributed by atoms with Gasteiger partial charge in [0, 0.05) is 18.5 Å². The van der Waals surface area contributed by atoms with E-state index < -0.39 is 10.0 Å². The van der Waals surface area contributed by atoms with Crippen LogP contribution in [0.3, 0.4) is 0 Å². The summed E-state index contributed by atoms with van der Waals surface area (Å²) in [6, 6.07) is 8.69. The van der Waals surface area contributed by atoms with Crippen LogP contribution in [0.4, 0.5) is 5.82 Å². The monoisotopic (exact) mass is 293 g/mol. The number of fused-ring (bicyclic) bond motifs is 1. The Bertz CT molecular complexity index is 699. The minimum atomic E-state index is -3.43. The van der Waals surface area contributed by atoms with Gasteiger partial charge in [-0.2, -0.15) is 0 Å². The Labute approximate surface area is 119 Å². The predicted molar refractivity (Wildman–Crippen MR) is 81.4 cm³/mol. The standard InChI is InChI=1S/C14H19N3O2S/c1-3-9-16-20(18,19)12-6-7-13-11(10-12)5-8-14(17-13)15-4-2/h5-8,10,16H,3-4,9H2,1-2H3,(H,15,17). The maximum atomic E-state index is 12.1. The molecule has 108 valence electrons. The van der Waals surface area contributed by atoms with E-state index in [2.05, 4.69) is 15.0 Å². The second-order valence-electron chi connectivity index (χ2n) is 4.48. The third kappa shape index (κ3) is 3.26. The number of anilines is 1. The number of benzene rings is 1. The number of hydrogen-bond acceptors (Lipinski definition) is 4. The molecule has 0 unspecified atom stereocenters. The van der Waals surface area contributed by atoms with Gasteiger partial charge in [-0.25, -0.2) is 18.1 Å². The fraction of sp³-hybridized carbons (Fsp3) is 0.357. The summed E-state index contributed by atoms with van der Waals surface area (Å²) in [4.78, 5) is 4.70. The van der Waals surface area contributed by atoms with Crippen LogP contribution in [-0.4, -0.2) is 26.5 Å². The van der Waals surface area contributed by atoms with E-state index in [9.17, 15) is 8.42 Å². The molecule has 0 fully saturated rings. The Hall–Kier alpha value is -1.66. The van der Waals surface area contributed by atoms with E-state index in [0.717, 1.165) is 29.7 Å². The smallest absolute Gasteiger partial charge is 0.240 e. The van der Waals surface area contributed by atoms with Crippen molar-refractivity contribution in [2.24, 2.45) is 0 Å². The van der Waals surface area contributed by atoms with Gasteiger partial charge < -0.3 is 5.32 Å². The van der Waals surface area contributed by atoms with Gasteiger partial charge >= 0.3 is 0 Å². The molecule has 0 amide bonds. The minimum absolute atomic E-state index is 0.274. The molecule has 0 saturated carbocycles. The summed E-state index contributed by atoms with van der Waals surface area (Å²) in [5, 5.41) is 3.94. The Morgan fingerprint density at radius 3 is 2.65 bits per heavy atom. The molecule has 0 radical (unpaired) electrons. The molecule has 0 aliphatic rings. The number of aromatic nitrogens is 1. The van der Waals surface area contributed by atoms with E-state index in [1.165, 1.54) is 0 Å². The molecule has 1 aromatic carbocycles. The molecule has 5 nitrogen and oxygen atoms in total. The number of sulfonamides is 1. The molecule has 0 aliphatic heterocycles. The maximum absolute atomic E-state index is 12.1. The third-order valence-electron chi connectivity index (χ3n) is 2.87. The fourth-order valence-corrected chi connectivity index (χ4v) is 3.04. The zero-order valence-corrected chi connectivity index (χ0v) is 12.5. The zero-order valence-electron chi connectivity index (χ0n) is 11.7. The van der Waals surface area contributed by atoms with Crippen molar-refractivity contribution in [3.63, 3.8) is 0 Å². The van der Waals surface area contributed by atoms with Crippen LogP contribution in [0.2, 0.25) is 0 Å². The molecule has 20 heavy (non-hydrogen) atoms. The van der Waals surface area contributed by atoms with Gasteiger partial charge in [0.2, 0.25) is 10.0 Å². The number of rotatable bonds is 6. The second kappa shape index (κ2) is 6.19. The van der Waals surface area contributed by atoms with Crippen molar-refractivity contribution in [1.82, 2.24) is 9.71 Å². The molecule has 1 heterocycles. The molecular formula is C14H19N3O2S. The lowest BCUT2D eigenvalue weighted by atomic mass is 10.2. The Kier molecular flexibility index (Phi) is 4.57. The highest BCUT2D eigenvalue weighted by atomic mass is 32.2. The van der Waals surface area contributed by atoms with Crippen LogP contribution in [0, 0.1) is 0 Å². The summed E-state index contributed by atoms with van der Waals surface area (Å²) in [6.45, 7) is 5.17. The quantitative estimate of drug-likeness (QED) is 0.857. The van der Waals surface area contributed by atoms with E-state index >= 15 is 0 Å². The first-order valence-corrected chi connectivity index (χ1v) is 8.19. The highest BCUT2D eigenvalue weighted by molar-refractivity contribution is 7.89. The van der Waals surface area contributed by atoms with Crippen LogP contribution < -0.4 is 10.0 Å². The molecule has 6 heteroatoms. The first-order valence-electron chi connectivity index (χ1n) is 6.71. The van der Waals surface area contributed by atoms with E-state index in [0.29, 0.717) is 6.54 Å². The first kappa shape index (κ1) is 14.7. The highest BCUT2D eigenvalue weighted by Gasteiger charge is 2.13.